The second-order valence-electron chi connectivity index (χ2n) is 12.1. The summed E-state index contributed by atoms with van der Waals surface area (Å²) in [4.78, 5) is 14.6. The summed E-state index contributed by atoms with van der Waals surface area (Å²) < 4.78 is 6.17. The molecule has 5 nitrogen and oxygen atoms in total. The predicted octanol–water partition coefficient (Wildman–Crippen LogP) is 9.94. The van der Waals surface area contributed by atoms with Crippen LogP contribution in [0.15, 0.2) is 160 Å². The molecule has 1 aliphatic heterocycles. The van der Waals surface area contributed by atoms with Crippen molar-refractivity contribution in [2.45, 2.75) is 6.17 Å². The molecule has 1 atom stereocenters. The summed E-state index contributed by atoms with van der Waals surface area (Å²) in [6.45, 7) is 0. The standard InChI is InChI=1S/C42H26N4O/c1-2-8-26(9-3-1)40-44-41(46-42(45-40)33-14-7-15-37-39(33)35-24-43-21-20-36(35)47-37)27-18-16-25(17-19-27)29-22-28-10-6-13-32-30-11-4-5-12-31(30)34(23-29)38(28)32/h1-24,41H,(H,44,45,46). The third-order valence-electron chi connectivity index (χ3n) is 9.37. The average Bonchev–Trinajstić information content (AvgIpc) is 3.69. The molecule has 8 aromatic rings. The topological polar surface area (TPSA) is 62.8 Å². The number of benzene rings is 6. The Morgan fingerprint density at radius 1 is 0.553 bits per heavy atom. The van der Waals surface area contributed by atoms with Crippen LogP contribution in [0.3, 0.4) is 0 Å². The van der Waals surface area contributed by atoms with Crippen LogP contribution >= 0.6 is 0 Å². The van der Waals surface area contributed by atoms with Gasteiger partial charge in [0.05, 0.1) is 0 Å². The molecular weight excluding hydrogens is 576 g/mol. The number of nitrogens with zero attached hydrogens (tertiary/aromatic N) is 3. The van der Waals surface area contributed by atoms with Crippen molar-refractivity contribution in [3.8, 4) is 33.4 Å². The van der Waals surface area contributed by atoms with E-state index in [-0.39, 0.29) is 6.17 Å². The highest BCUT2D eigenvalue weighted by molar-refractivity contribution is 6.22. The average molecular weight is 603 g/mol. The lowest BCUT2D eigenvalue weighted by Crippen LogP contribution is -2.33. The maximum Gasteiger partial charge on any atom is 0.160 e. The van der Waals surface area contributed by atoms with E-state index in [1.807, 2.05) is 42.6 Å². The smallest absolute Gasteiger partial charge is 0.160 e. The SMILES string of the molecule is c1ccc(C2=NC(c3cccc4oc5ccncc5c34)=NC(c3ccc(-c4cc5c6c(cccc6c4)-c4ccccc4-5)cc3)N2)cc1. The fourth-order valence-electron chi connectivity index (χ4n) is 7.18. The molecule has 6 aromatic carbocycles. The molecule has 1 unspecified atom stereocenters. The first-order valence-corrected chi connectivity index (χ1v) is 15.8. The first kappa shape index (κ1) is 25.9. The lowest BCUT2D eigenvalue weighted by atomic mass is 9.95. The van der Waals surface area contributed by atoms with Crippen LogP contribution in [-0.2, 0) is 0 Å². The number of rotatable bonds is 4. The van der Waals surface area contributed by atoms with Crippen LogP contribution in [0, 0.1) is 0 Å². The van der Waals surface area contributed by atoms with Crippen molar-refractivity contribution < 1.29 is 4.42 Å². The van der Waals surface area contributed by atoms with Crippen molar-refractivity contribution in [3.05, 3.63) is 163 Å². The summed E-state index contributed by atoms with van der Waals surface area (Å²) in [5.41, 5.74) is 12.2. The van der Waals surface area contributed by atoms with Gasteiger partial charge in [-0.05, 0) is 74.0 Å². The van der Waals surface area contributed by atoms with Crippen LogP contribution in [-0.4, -0.2) is 16.7 Å². The van der Waals surface area contributed by atoms with E-state index in [0.29, 0.717) is 5.84 Å². The Labute approximate surface area is 270 Å². The Balaban J connectivity index is 1.07. The highest BCUT2D eigenvalue weighted by atomic mass is 16.3. The summed E-state index contributed by atoms with van der Waals surface area (Å²) >= 11 is 0. The minimum Gasteiger partial charge on any atom is -0.456 e. The van der Waals surface area contributed by atoms with Gasteiger partial charge in [-0.25, -0.2) is 9.98 Å². The van der Waals surface area contributed by atoms with E-state index in [9.17, 15) is 0 Å². The minimum absolute atomic E-state index is 0.331. The van der Waals surface area contributed by atoms with Crippen molar-refractivity contribution in [2.24, 2.45) is 9.98 Å². The zero-order valence-corrected chi connectivity index (χ0v) is 25.2. The fraction of sp³-hybridized carbons (Fsp3) is 0.0238. The first-order chi connectivity index (χ1) is 23.3. The van der Waals surface area contributed by atoms with E-state index in [1.54, 1.807) is 6.20 Å². The molecule has 3 heterocycles. The quantitative estimate of drug-likeness (QED) is 0.218. The molecule has 2 aliphatic rings. The minimum atomic E-state index is -0.331. The highest BCUT2D eigenvalue weighted by Crippen LogP contribution is 2.48. The molecule has 1 aliphatic carbocycles. The van der Waals surface area contributed by atoms with Crippen LogP contribution in [0.25, 0.3) is 66.1 Å². The summed E-state index contributed by atoms with van der Waals surface area (Å²) in [5.74, 6) is 1.43. The Morgan fingerprint density at radius 3 is 2.19 bits per heavy atom. The van der Waals surface area contributed by atoms with Crippen molar-refractivity contribution in [2.75, 3.05) is 0 Å². The largest absolute Gasteiger partial charge is 0.456 e. The van der Waals surface area contributed by atoms with Gasteiger partial charge in [0.15, 0.2) is 5.84 Å². The Morgan fingerprint density at radius 2 is 1.32 bits per heavy atom. The molecule has 0 saturated carbocycles. The number of hydrogen-bond donors (Lipinski definition) is 1. The maximum absolute atomic E-state index is 6.17. The van der Waals surface area contributed by atoms with Crippen LogP contribution in [0.2, 0.25) is 0 Å². The Hall–Kier alpha value is -6.33. The summed E-state index contributed by atoms with van der Waals surface area (Å²) in [6.07, 6.45) is 3.27. The third kappa shape index (κ3) is 4.07. The maximum atomic E-state index is 6.17. The monoisotopic (exact) mass is 602 g/mol. The number of aromatic nitrogens is 1. The second kappa shape index (κ2) is 10.1. The number of fused-ring (bicyclic) bond motifs is 6. The van der Waals surface area contributed by atoms with Crippen LogP contribution < -0.4 is 5.32 Å². The zero-order valence-electron chi connectivity index (χ0n) is 25.2. The number of nitrogens with one attached hydrogen (secondary N) is 1. The van der Waals surface area contributed by atoms with Gasteiger partial charge in [0.2, 0.25) is 0 Å². The molecule has 0 bridgehead atoms. The molecule has 1 N–H and O–H groups in total. The summed E-state index contributed by atoms with van der Waals surface area (Å²) in [6, 6.07) is 46.9. The molecule has 0 radical (unpaired) electrons. The molecule has 2 aromatic heterocycles. The molecule has 0 saturated heterocycles. The van der Waals surface area contributed by atoms with Gasteiger partial charge in [-0.2, -0.15) is 0 Å². The van der Waals surface area contributed by atoms with Gasteiger partial charge in [-0.15, -0.1) is 0 Å². The van der Waals surface area contributed by atoms with Crippen LogP contribution in [0.5, 0.6) is 0 Å². The molecule has 0 fully saturated rings. The van der Waals surface area contributed by atoms with Crippen molar-refractivity contribution in [3.63, 3.8) is 0 Å². The first-order valence-electron chi connectivity index (χ1n) is 15.8. The van der Waals surface area contributed by atoms with Gasteiger partial charge >= 0.3 is 0 Å². The van der Waals surface area contributed by atoms with Gasteiger partial charge < -0.3 is 9.73 Å². The number of aliphatic imine (C=N–C) groups is 2. The van der Waals surface area contributed by atoms with Gasteiger partial charge in [-0.3, -0.25) is 4.98 Å². The highest BCUT2D eigenvalue weighted by Gasteiger charge is 2.25. The van der Waals surface area contributed by atoms with E-state index >= 15 is 0 Å². The van der Waals surface area contributed by atoms with Crippen LogP contribution in [0.1, 0.15) is 22.9 Å². The van der Waals surface area contributed by atoms with Gasteiger partial charge in [0, 0.05) is 34.3 Å². The molecular formula is C42H26N4O. The second-order valence-corrected chi connectivity index (χ2v) is 12.1. The number of amidine groups is 2. The Bertz CT molecular complexity index is 2600. The lowest BCUT2D eigenvalue weighted by Gasteiger charge is -2.24. The van der Waals surface area contributed by atoms with Crippen molar-refractivity contribution in [1.29, 1.82) is 0 Å². The fourth-order valence-corrected chi connectivity index (χ4v) is 7.18. The molecule has 10 rings (SSSR count). The molecule has 220 valence electrons. The van der Waals surface area contributed by atoms with E-state index in [4.69, 9.17) is 14.4 Å². The Kier molecular flexibility index (Phi) is 5.57. The van der Waals surface area contributed by atoms with Crippen LogP contribution in [0.4, 0.5) is 0 Å². The van der Waals surface area contributed by atoms with E-state index in [0.717, 1.165) is 44.5 Å². The molecule has 0 amide bonds. The van der Waals surface area contributed by atoms with Gasteiger partial charge in [0.25, 0.3) is 0 Å². The van der Waals surface area contributed by atoms with E-state index in [1.165, 1.54) is 44.2 Å². The zero-order chi connectivity index (χ0) is 30.9. The summed E-state index contributed by atoms with van der Waals surface area (Å²) in [5, 5.41) is 8.13. The van der Waals surface area contributed by atoms with Gasteiger partial charge in [0.1, 0.15) is 23.2 Å². The van der Waals surface area contributed by atoms with E-state index < -0.39 is 0 Å². The summed E-state index contributed by atoms with van der Waals surface area (Å²) in [7, 11) is 0. The number of furan rings is 1. The predicted molar refractivity (Wildman–Crippen MR) is 191 cm³/mol. The molecule has 5 heteroatoms. The molecule has 0 spiro atoms. The lowest BCUT2D eigenvalue weighted by molar-refractivity contribution is 0.668. The van der Waals surface area contributed by atoms with E-state index in [2.05, 4.69) is 107 Å². The number of hydrogen-bond acceptors (Lipinski definition) is 5. The van der Waals surface area contributed by atoms with Crippen molar-refractivity contribution >= 4 is 44.4 Å². The normalized spacial score (nSPS) is 15.0. The molecule has 47 heavy (non-hydrogen) atoms. The van der Waals surface area contributed by atoms with Crippen molar-refractivity contribution in [1.82, 2.24) is 10.3 Å². The number of pyridine rings is 1. The van der Waals surface area contributed by atoms with Gasteiger partial charge in [-0.1, -0.05) is 109 Å². The third-order valence-corrected chi connectivity index (χ3v) is 9.37.